The molecule has 2 nitrogen and oxygen atoms in total. The van der Waals surface area contributed by atoms with Crippen LogP contribution in [0.3, 0.4) is 0 Å². The van der Waals surface area contributed by atoms with E-state index in [4.69, 9.17) is 0 Å². The first-order chi connectivity index (χ1) is 6.77. The number of hydrogen-bond donors (Lipinski definition) is 0. The predicted octanol–water partition coefficient (Wildman–Crippen LogP) is 2.81. The van der Waals surface area contributed by atoms with E-state index < -0.39 is 0 Å². The highest BCUT2D eigenvalue weighted by molar-refractivity contribution is 5.96. The van der Waals surface area contributed by atoms with E-state index in [1.54, 1.807) is 0 Å². The summed E-state index contributed by atoms with van der Waals surface area (Å²) in [5.74, 6) is 0.294. The van der Waals surface area contributed by atoms with Crippen molar-refractivity contribution < 1.29 is 4.79 Å². The van der Waals surface area contributed by atoms with Crippen molar-refractivity contribution in [1.82, 2.24) is 4.57 Å². The Hall–Kier alpha value is -1.31. The first kappa shape index (κ1) is 8.04. The zero-order chi connectivity index (χ0) is 9.71. The minimum atomic E-state index is 0.294. The van der Waals surface area contributed by atoms with E-state index in [0.29, 0.717) is 11.8 Å². The molecule has 0 N–H and O–H groups in total. The van der Waals surface area contributed by atoms with Gasteiger partial charge in [-0.25, -0.2) is 0 Å². The van der Waals surface area contributed by atoms with Gasteiger partial charge in [0, 0.05) is 18.2 Å². The second kappa shape index (κ2) is 2.59. The average Bonchev–Trinajstić information content (AvgIpc) is 2.62. The SMILES string of the molecule is C=C1CCC2CCC(=O)c3ccc1n32. The van der Waals surface area contributed by atoms with Crippen LogP contribution >= 0.6 is 0 Å². The smallest absolute Gasteiger partial charge is 0.179 e. The van der Waals surface area contributed by atoms with Crippen LogP contribution in [0.5, 0.6) is 0 Å². The maximum absolute atomic E-state index is 11.6. The van der Waals surface area contributed by atoms with Crippen molar-refractivity contribution in [3.8, 4) is 0 Å². The van der Waals surface area contributed by atoms with E-state index in [2.05, 4.69) is 11.1 Å². The number of ketones is 1. The molecule has 0 aliphatic carbocycles. The zero-order valence-corrected chi connectivity index (χ0v) is 8.12. The highest BCUT2D eigenvalue weighted by atomic mass is 16.1. The lowest BCUT2D eigenvalue weighted by Crippen LogP contribution is -2.25. The van der Waals surface area contributed by atoms with Crippen molar-refractivity contribution in [3.63, 3.8) is 0 Å². The van der Waals surface area contributed by atoms with Crippen LogP contribution in [0.4, 0.5) is 0 Å². The van der Waals surface area contributed by atoms with Crippen molar-refractivity contribution in [1.29, 1.82) is 0 Å². The van der Waals surface area contributed by atoms with Gasteiger partial charge >= 0.3 is 0 Å². The van der Waals surface area contributed by atoms with Gasteiger partial charge in [-0.1, -0.05) is 6.58 Å². The molecule has 0 amide bonds. The molecule has 0 bridgehead atoms. The van der Waals surface area contributed by atoms with Gasteiger partial charge in [-0.15, -0.1) is 0 Å². The van der Waals surface area contributed by atoms with Crippen molar-refractivity contribution in [2.45, 2.75) is 31.7 Å². The molecule has 0 radical (unpaired) electrons. The number of rotatable bonds is 0. The van der Waals surface area contributed by atoms with Crippen molar-refractivity contribution in [2.75, 3.05) is 0 Å². The molecule has 1 unspecified atom stereocenters. The zero-order valence-electron chi connectivity index (χ0n) is 8.12. The van der Waals surface area contributed by atoms with Crippen LogP contribution < -0.4 is 0 Å². The molecule has 3 rings (SSSR count). The van der Waals surface area contributed by atoms with Gasteiger partial charge in [0.1, 0.15) is 0 Å². The third-order valence-electron chi connectivity index (χ3n) is 3.42. The Bertz CT molecular complexity index is 390. The monoisotopic (exact) mass is 187 g/mol. The summed E-state index contributed by atoms with van der Waals surface area (Å²) >= 11 is 0. The highest BCUT2D eigenvalue weighted by Gasteiger charge is 2.30. The molecular weight excluding hydrogens is 174 g/mol. The van der Waals surface area contributed by atoms with Gasteiger partial charge in [-0.2, -0.15) is 0 Å². The Kier molecular flexibility index (Phi) is 1.49. The van der Waals surface area contributed by atoms with Crippen LogP contribution in [0.2, 0.25) is 0 Å². The second-order valence-corrected chi connectivity index (χ2v) is 4.23. The third kappa shape index (κ3) is 0.884. The number of allylic oxidation sites excluding steroid dienone is 1. The first-order valence-corrected chi connectivity index (χ1v) is 5.20. The maximum Gasteiger partial charge on any atom is 0.179 e. The Morgan fingerprint density at radius 3 is 2.79 bits per heavy atom. The van der Waals surface area contributed by atoms with Gasteiger partial charge in [0.25, 0.3) is 0 Å². The topological polar surface area (TPSA) is 22.0 Å². The fraction of sp³-hybridized carbons (Fsp3) is 0.417. The van der Waals surface area contributed by atoms with E-state index in [0.717, 1.165) is 31.4 Å². The Morgan fingerprint density at radius 1 is 1.21 bits per heavy atom. The number of nitrogens with zero attached hydrogens (tertiary/aromatic N) is 1. The summed E-state index contributed by atoms with van der Waals surface area (Å²) in [6, 6.07) is 4.56. The molecule has 0 spiro atoms. The van der Waals surface area contributed by atoms with Crippen LogP contribution in [0.15, 0.2) is 18.7 Å². The average molecular weight is 187 g/mol. The third-order valence-corrected chi connectivity index (χ3v) is 3.42. The fourth-order valence-electron chi connectivity index (χ4n) is 2.65. The molecule has 14 heavy (non-hydrogen) atoms. The maximum atomic E-state index is 11.6. The molecule has 1 aromatic rings. The van der Waals surface area contributed by atoms with Gasteiger partial charge in [0.2, 0.25) is 0 Å². The van der Waals surface area contributed by atoms with Crippen LogP contribution in [0.1, 0.15) is 47.9 Å². The highest BCUT2D eigenvalue weighted by Crippen LogP contribution is 2.39. The minimum absolute atomic E-state index is 0.294. The normalized spacial score (nSPS) is 25.0. The molecule has 0 aromatic carbocycles. The summed E-state index contributed by atoms with van der Waals surface area (Å²) in [4.78, 5) is 11.6. The first-order valence-electron chi connectivity index (χ1n) is 5.20. The molecular formula is C12H13NO. The molecule has 2 heteroatoms. The number of carbonyl (C=O) groups is 1. The summed E-state index contributed by atoms with van der Waals surface area (Å²) in [5.41, 5.74) is 3.27. The van der Waals surface area contributed by atoms with Gasteiger partial charge in [0.15, 0.2) is 5.78 Å². The van der Waals surface area contributed by atoms with E-state index in [1.165, 1.54) is 11.3 Å². The Balaban J connectivity index is 2.25. The lowest BCUT2D eigenvalue weighted by atomic mass is 9.92. The fourth-order valence-corrected chi connectivity index (χ4v) is 2.65. The van der Waals surface area contributed by atoms with Gasteiger partial charge in [0.05, 0.1) is 5.69 Å². The summed E-state index contributed by atoms with van der Waals surface area (Å²) in [5, 5.41) is 0. The van der Waals surface area contributed by atoms with Gasteiger partial charge in [-0.3, -0.25) is 4.79 Å². The number of hydrogen-bond acceptors (Lipinski definition) is 1. The summed E-state index contributed by atoms with van der Waals surface area (Å²) in [6.07, 6.45) is 3.98. The summed E-state index contributed by atoms with van der Waals surface area (Å²) < 4.78 is 2.21. The lowest BCUT2D eigenvalue weighted by Gasteiger charge is -2.32. The molecule has 1 aromatic heterocycles. The Labute approximate surface area is 83.2 Å². The molecule has 2 aliphatic rings. The van der Waals surface area contributed by atoms with Crippen molar-refractivity contribution in [2.24, 2.45) is 0 Å². The molecule has 2 aliphatic heterocycles. The predicted molar refractivity (Wildman–Crippen MR) is 55.3 cm³/mol. The van der Waals surface area contributed by atoms with E-state index in [1.807, 2.05) is 12.1 Å². The van der Waals surface area contributed by atoms with E-state index >= 15 is 0 Å². The number of carbonyl (C=O) groups excluding carboxylic acids is 1. The molecule has 72 valence electrons. The van der Waals surface area contributed by atoms with Crippen LogP contribution in [0, 0.1) is 0 Å². The van der Waals surface area contributed by atoms with Crippen molar-refractivity contribution in [3.05, 3.63) is 30.1 Å². The second-order valence-electron chi connectivity index (χ2n) is 4.23. The van der Waals surface area contributed by atoms with Crippen molar-refractivity contribution >= 4 is 11.4 Å². The van der Waals surface area contributed by atoms with Gasteiger partial charge in [-0.05, 0) is 37.0 Å². The number of aromatic nitrogens is 1. The van der Waals surface area contributed by atoms with Crippen LogP contribution in [-0.4, -0.2) is 10.4 Å². The lowest BCUT2D eigenvalue weighted by molar-refractivity contribution is 0.0939. The van der Waals surface area contributed by atoms with E-state index in [-0.39, 0.29) is 0 Å². The summed E-state index contributed by atoms with van der Waals surface area (Å²) in [6.45, 7) is 4.05. The van der Waals surface area contributed by atoms with Crippen LogP contribution in [0.25, 0.3) is 5.57 Å². The Morgan fingerprint density at radius 2 is 1.93 bits per heavy atom. The summed E-state index contributed by atoms with van der Waals surface area (Å²) in [7, 11) is 0. The molecule has 3 heterocycles. The number of Topliss-reactive ketones (excluding diaryl/α,β-unsaturated/α-hetero) is 1. The largest absolute Gasteiger partial charge is 0.335 e. The van der Waals surface area contributed by atoms with Gasteiger partial charge < -0.3 is 4.57 Å². The molecule has 0 fully saturated rings. The van der Waals surface area contributed by atoms with Crippen LogP contribution in [-0.2, 0) is 0 Å². The quantitative estimate of drug-likeness (QED) is 0.612. The molecule has 0 saturated carbocycles. The molecule has 1 atom stereocenters. The minimum Gasteiger partial charge on any atom is -0.335 e. The molecule has 0 saturated heterocycles. The van der Waals surface area contributed by atoms with E-state index in [9.17, 15) is 4.79 Å². The standard InChI is InChI=1S/C12H13NO/c1-8-2-3-9-4-7-12(14)11-6-5-10(8)13(9)11/h5-6,9H,1-4,7H2.